The van der Waals surface area contributed by atoms with Gasteiger partial charge in [-0.15, -0.1) is 24.8 Å². The molecule has 1 amide bonds. The van der Waals surface area contributed by atoms with E-state index >= 15 is 0 Å². The van der Waals surface area contributed by atoms with Crippen LogP contribution in [0.2, 0.25) is 0 Å². The van der Waals surface area contributed by atoms with Gasteiger partial charge in [0.25, 0.3) is 0 Å². The Labute approximate surface area is 179 Å². The van der Waals surface area contributed by atoms with E-state index in [1.807, 2.05) is 4.90 Å². The molecule has 3 heterocycles. The number of nitrogens with zero attached hydrogens (tertiary/aromatic N) is 3. The van der Waals surface area contributed by atoms with Crippen LogP contribution in [0.1, 0.15) is 23.2 Å². The number of hydrogen-bond acceptors (Lipinski definition) is 4. The van der Waals surface area contributed by atoms with Crippen molar-refractivity contribution in [3.8, 4) is 0 Å². The molecule has 7 heteroatoms. The number of benzene rings is 1. The van der Waals surface area contributed by atoms with Crippen LogP contribution in [0.15, 0.2) is 24.3 Å². The van der Waals surface area contributed by atoms with Crippen molar-refractivity contribution in [3.05, 3.63) is 41.1 Å². The van der Waals surface area contributed by atoms with Gasteiger partial charge in [-0.25, -0.2) is 0 Å². The number of pyridine rings is 1. The molecule has 0 N–H and O–H groups in total. The summed E-state index contributed by atoms with van der Waals surface area (Å²) in [5.41, 5.74) is 5.12. The number of carbonyl (C=O) groups is 1. The molecule has 1 saturated heterocycles. The van der Waals surface area contributed by atoms with Gasteiger partial charge in [0.2, 0.25) is 5.91 Å². The van der Waals surface area contributed by atoms with Crippen molar-refractivity contribution in [2.24, 2.45) is 0 Å². The zero-order valence-electron chi connectivity index (χ0n) is 16.4. The molecule has 154 valence electrons. The van der Waals surface area contributed by atoms with Crippen LogP contribution < -0.4 is 0 Å². The summed E-state index contributed by atoms with van der Waals surface area (Å²) in [6.45, 7) is 7.86. The van der Waals surface area contributed by atoms with E-state index in [1.165, 1.54) is 22.2 Å². The lowest BCUT2D eigenvalue weighted by Crippen LogP contribution is -2.42. The number of amides is 1. The Morgan fingerprint density at radius 3 is 2.57 bits per heavy atom. The van der Waals surface area contributed by atoms with Gasteiger partial charge in [-0.2, -0.15) is 0 Å². The predicted octanol–water partition coefficient (Wildman–Crippen LogP) is 3.04. The van der Waals surface area contributed by atoms with Crippen LogP contribution in [0.25, 0.3) is 10.9 Å². The number of aryl methyl sites for hydroxylation is 1. The van der Waals surface area contributed by atoms with Gasteiger partial charge >= 0.3 is 0 Å². The van der Waals surface area contributed by atoms with E-state index in [1.54, 1.807) is 0 Å². The molecule has 0 atom stereocenters. The van der Waals surface area contributed by atoms with E-state index in [0.29, 0.717) is 19.6 Å². The second-order valence-corrected chi connectivity index (χ2v) is 7.26. The van der Waals surface area contributed by atoms with Crippen LogP contribution in [0.5, 0.6) is 0 Å². The number of halogens is 2. The van der Waals surface area contributed by atoms with E-state index in [2.05, 4.69) is 36.1 Å². The van der Waals surface area contributed by atoms with E-state index in [4.69, 9.17) is 9.72 Å². The van der Waals surface area contributed by atoms with Gasteiger partial charge in [0.15, 0.2) is 0 Å². The third kappa shape index (κ3) is 4.95. The molecule has 2 aliphatic rings. The number of hydrogen-bond donors (Lipinski definition) is 0. The molecule has 1 aromatic carbocycles. The highest BCUT2D eigenvalue weighted by molar-refractivity contribution is 5.85. The Morgan fingerprint density at radius 1 is 1.07 bits per heavy atom. The lowest BCUT2D eigenvalue weighted by Gasteiger charge is -2.28. The molecule has 28 heavy (non-hydrogen) atoms. The summed E-state index contributed by atoms with van der Waals surface area (Å²) >= 11 is 0. The second-order valence-electron chi connectivity index (χ2n) is 7.26. The second kappa shape index (κ2) is 10.4. The van der Waals surface area contributed by atoms with Gasteiger partial charge in [-0.05, 0) is 30.5 Å². The van der Waals surface area contributed by atoms with Crippen LogP contribution >= 0.6 is 24.8 Å². The zero-order valence-corrected chi connectivity index (χ0v) is 18.0. The summed E-state index contributed by atoms with van der Waals surface area (Å²) < 4.78 is 5.33. The molecule has 4 rings (SSSR count). The monoisotopic (exact) mass is 425 g/mol. The van der Waals surface area contributed by atoms with Crippen molar-refractivity contribution in [3.63, 3.8) is 0 Å². The first kappa shape index (κ1) is 22.9. The highest BCUT2D eigenvalue weighted by Crippen LogP contribution is 2.25. The SMILES string of the molecule is Cc1c2c(nc3ccccc13)CCN(CCC(=O)N1CCOCC1)CC2.Cl.Cl. The maximum atomic E-state index is 12.4. The number of aromatic nitrogens is 1. The third-order valence-electron chi connectivity index (χ3n) is 5.71. The summed E-state index contributed by atoms with van der Waals surface area (Å²) in [5.74, 6) is 0.259. The Bertz CT molecular complexity index is 810. The van der Waals surface area contributed by atoms with Crippen LogP contribution in [0.4, 0.5) is 0 Å². The summed E-state index contributed by atoms with van der Waals surface area (Å²) in [7, 11) is 0. The standard InChI is InChI=1S/C21H27N3O2.2ClH/c1-16-17-4-2-3-5-19(17)22-20-7-10-23(9-6-18(16)20)11-8-21(25)24-12-14-26-15-13-24;;/h2-5H,6-15H2,1H3;2*1H. The van der Waals surface area contributed by atoms with Crippen LogP contribution in [-0.4, -0.2) is 66.6 Å². The quantitative estimate of drug-likeness (QED) is 0.757. The van der Waals surface area contributed by atoms with E-state index in [-0.39, 0.29) is 30.7 Å². The fourth-order valence-corrected chi connectivity index (χ4v) is 4.11. The first-order valence-electron chi connectivity index (χ1n) is 9.67. The maximum absolute atomic E-state index is 12.4. The van der Waals surface area contributed by atoms with Crippen molar-refractivity contribution in [1.82, 2.24) is 14.8 Å². The molecule has 0 bridgehead atoms. The summed E-state index contributed by atoms with van der Waals surface area (Å²) in [6.07, 6.45) is 2.59. The lowest BCUT2D eigenvalue weighted by atomic mass is 9.99. The van der Waals surface area contributed by atoms with Gasteiger partial charge < -0.3 is 14.5 Å². The summed E-state index contributed by atoms with van der Waals surface area (Å²) in [6, 6.07) is 8.42. The van der Waals surface area contributed by atoms with E-state index < -0.39 is 0 Å². The Kier molecular flexibility index (Phi) is 8.50. The fourth-order valence-electron chi connectivity index (χ4n) is 4.11. The van der Waals surface area contributed by atoms with Crippen molar-refractivity contribution in [2.45, 2.75) is 26.2 Å². The minimum Gasteiger partial charge on any atom is -0.378 e. The summed E-state index contributed by atoms with van der Waals surface area (Å²) in [4.78, 5) is 21.7. The van der Waals surface area contributed by atoms with Crippen molar-refractivity contribution < 1.29 is 9.53 Å². The van der Waals surface area contributed by atoms with E-state index in [0.717, 1.165) is 51.1 Å². The Balaban J connectivity index is 0.00000140. The van der Waals surface area contributed by atoms with Gasteiger partial charge in [-0.1, -0.05) is 18.2 Å². The number of carbonyl (C=O) groups excluding carboxylic acids is 1. The van der Waals surface area contributed by atoms with Gasteiger partial charge in [0.1, 0.15) is 0 Å². The first-order valence-corrected chi connectivity index (χ1v) is 9.67. The number of morpholine rings is 1. The number of ether oxygens (including phenoxy) is 1. The predicted molar refractivity (Wildman–Crippen MR) is 117 cm³/mol. The Hall–Kier alpha value is -1.40. The fraction of sp³-hybridized carbons (Fsp3) is 0.524. The number of fused-ring (bicyclic) bond motifs is 2. The molecule has 2 aromatic rings. The van der Waals surface area contributed by atoms with Gasteiger partial charge in [0, 0.05) is 56.6 Å². The Morgan fingerprint density at radius 2 is 1.79 bits per heavy atom. The molecule has 5 nitrogen and oxygen atoms in total. The molecular weight excluding hydrogens is 397 g/mol. The third-order valence-corrected chi connectivity index (χ3v) is 5.71. The van der Waals surface area contributed by atoms with Crippen LogP contribution in [0.3, 0.4) is 0 Å². The maximum Gasteiger partial charge on any atom is 0.224 e. The zero-order chi connectivity index (χ0) is 17.9. The molecule has 1 aromatic heterocycles. The molecule has 0 saturated carbocycles. The highest BCUT2D eigenvalue weighted by atomic mass is 35.5. The van der Waals surface area contributed by atoms with Crippen molar-refractivity contribution in [2.75, 3.05) is 45.9 Å². The number of para-hydroxylation sites is 1. The highest BCUT2D eigenvalue weighted by Gasteiger charge is 2.21. The molecule has 2 aliphatic heterocycles. The average Bonchev–Trinajstić information content (AvgIpc) is 2.89. The van der Waals surface area contributed by atoms with Crippen molar-refractivity contribution >= 4 is 41.6 Å². The first-order chi connectivity index (χ1) is 12.7. The smallest absolute Gasteiger partial charge is 0.224 e. The molecule has 0 aliphatic carbocycles. The molecule has 0 spiro atoms. The van der Waals surface area contributed by atoms with E-state index in [9.17, 15) is 4.79 Å². The van der Waals surface area contributed by atoms with Gasteiger partial charge in [0.05, 0.1) is 18.7 Å². The lowest BCUT2D eigenvalue weighted by molar-refractivity contribution is -0.135. The topological polar surface area (TPSA) is 45.7 Å². The van der Waals surface area contributed by atoms with Gasteiger partial charge in [-0.3, -0.25) is 9.78 Å². The molecule has 0 radical (unpaired) electrons. The molecule has 0 unspecified atom stereocenters. The minimum absolute atomic E-state index is 0. The largest absolute Gasteiger partial charge is 0.378 e. The minimum atomic E-state index is 0. The number of rotatable bonds is 3. The molecule has 1 fully saturated rings. The summed E-state index contributed by atoms with van der Waals surface area (Å²) in [5, 5.41) is 1.27. The molecular formula is C21H29Cl2N3O2. The normalized spacial score (nSPS) is 17.2. The average molecular weight is 426 g/mol. The van der Waals surface area contributed by atoms with Crippen LogP contribution in [0, 0.1) is 6.92 Å². The van der Waals surface area contributed by atoms with Crippen LogP contribution in [-0.2, 0) is 22.4 Å². The van der Waals surface area contributed by atoms with Crippen molar-refractivity contribution in [1.29, 1.82) is 0 Å².